The Labute approximate surface area is 131 Å². The molecule has 3 aliphatic heterocycles. The van der Waals surface area contributed by atoms with Crippen LogP contribution in [0.2, 0.25) is 0 Å². The van der Waals surface area contributed by atoms with E-state index in [0.717, 1.165) is 12.0 Å². The zero-order valence-corrected chi connectivity index (χ0v) is 13.5. The van der Waals surface area contributed by atoms with Gasteiger partial charge in [-0.25, -0.2) is 0 Å². The molecule has 1 saturated carbocycles. The Hall–Kier alpha value is -0.460. The summed E-state index contributed by atoms with van der Waals surface area (Å²) >= 11 is 0. The Bertz CT molecular complexity index is 444. The first-order chi connectivity index (χ1) is 10.5. The molecule has 0 aromatic carbocycles. The van der Waals surface area contributed by atoms with E-state index in [-0.39, 0.29) is 5.41 Å². The number of hydrogen-bond donors (Lipinski definition) is 0. The summed E-state index contributed by atoms with van der Waals surface area (Å²) < 4.78 is 28.9. The van der Waals surface area contributed by atoms with Gasteiger partial charge in [0.25, 0.3) is 0 Å². The van der Waals surface area contributed by atoms with Gasteiger partial charge in [-0.2, -0.15) is 0 Å². The maximum Gasteiger partial charge on any atom is 0.412 e. The summed E-state index contributed by atoms with van der Waals surface area (Å²) in [7, 11) is 0. The fraction of sp³-hybridized carbons (Fsp3) is 0.882. The molecule has 0 amide bonds. The van der Waals surface area contributed by atoms with Crippen LogP contribution in [0, 0.1) is 17.3 Å². The summed E-state index contributed by atoms with van der Waals surface area (Å²) in [6, 6.07) is 0. The van der Waals surface area contributed by atoms with Crippen LogP contribution in [0.4, 0.5) is 0 Å². The minimum Gasteiger partial charge on any atom is -0.370 e. The Morgan fingerprint density at radius 1 is 0.955 bits per heavy atom. The first-order valence-electron chi connectivity index (χ1n) is 8.37. The molecule has 4 rings (SSSR count). The fourth-order valence-corrected chi connectivity index (χ4v) is 3.64. The van der Waals surface area contributed by atoms with Gasteiger partial charge >= 0.3 is 6.16 Å². The van der Waals surface area contributed by atoms with E-state index in [9.17, 15) is 0 Å². The molecular weight excluding hydrogens is 284 g/mol. The van der Waals surface area contributed by atoms with E-state index in [1.807, 2.05) is 6.92 Å². The van der Waals surface area contributed by atoms with Crippen molar-refractivity contribution in [2.24, 2.45) is 17.3 Å². The minimum atomic E-state index is -1.29. The Morgan fingerprint density at radius 2 is 1.64 bits per heavy atom. The largest absolute Gasteiger partial charge is 0.412 e. The molecule has 4 aliphatic rings. The summed E-state index contributed by atoms with van der Waals surface area (Å²) in [6.45, 7) is 10.4. The van der Waals surface area contributed by atoms with Crippen LogP contribution in [0.15, 0.2) is 12.2 Å². The molecule has 22 heavy (non-hydrogen) atoms. The summed E-state index contributed by atoms with van der Waals surface area (Å²) in [6.07, 6.45) is 3.27. The molecule has 0 bridgehead atoms. The maximum absolute atomic E-state index is 5.86. The Balaban J connectivity index is 1.31. The molecule has 5 nitrogen and oxygen atoms in total. The van der Waals surface area contributed by atoms with Crippen molar-refractivity contribution in [3.05, 3.63) is 12.2 Å². The van der Waals surface area contributed by atoms with Gasteiger partial charge in [-0.15, -0.1) is 0 Å². The lowest BCUT2D eigenvalue weighted by atomic mass is 9.80. The Kier molecular flexibility index (Phi) is 3.62. The van der Waals surface area contributed by atoms with E-state index in [0.29, 0.717) is 50.5 Å². The van der Waals surface area contributed by atoms with Crippen molar-refractivity contribution in [1.29, 1.82) is 0 Å². The molecule has 0 radical (unpaired) electrons. The van der Waals surface area contributed by atoms with Crippen molar-refractivity contribution < 1.29 is 23.7 Å². The molecule has 3 heterocycles. The highest BCUT2D eigenvalue weighted by molar-refractivity contribution is 5.06. The highest BCUT2D eigenvalue weighted by Gasteiger charge is 2.51. The molecule has 0 aromatic rings. The third-order valence-electron chi connectivity index (χ3n) is 5.83. The van der Waals surface area contributed by atoms with E-state index in [2.05, 4.69) is 13.5 Å². The van der Waals surface area contributed by atoms with Gasteiger partial charge in [0.15, 0.2) is 0 Å². The van der Waals surface area contributed by atoms with Gasteiger partial charge < -0.3 is 23.7 Å². The summed E-state index contributed by atoms with van der Waals surface area (Å²) in [5, 5.41) is 0. The van der Waals surface area contributed by atoms with Gasteiger partial charge in [0.05, 0.1) is 38.6 Å². The third-order valence-corrected chi connectivity index (χ3v) is 5.83. The number of hydrogen-bond acceptors (Lipinski definition) is 5. The zero-order chi connectivity index (χ0) is 15.4. The number of epoxide rings is 1. The van der Waals surface area contributed by atoms with Gasteiger partial charge in [0.1, 0.15) is 0 Å². The molecule has 3 unspecified atom stereocenters. The van der Waals surface area contributed by atoms with Gasteiger partial charge in [0, 0.05) is 11.3 Å². The average Bonchev–Trinajstić information content (AvgIpc) is 3.30. The van der Waals surface area contributed by atoms with Crippen molar-refractivity contribution >= 4 is 0 Å². The van der Waals surface area contributed by atoms with Crippen LogP contribution in [-0.2, 0) is 23.7 Å². The smallest absolute Gasteiger partial charge is 0.370 e. The van der Waals surface area contributed by atoms with E-state index in [1.54, 1.807) is 0 Å². The van der Waals surface area contributed by atoms with Gasteiger partial charge in [-0.3, -0.25) is 0 Å². The van der Waals surface area contributed by atoms with Crippen LogP contribution >= 0.6 is 0 Å². The molecule has 1 spiro atoms. The van der Waals surface area contributed by atoms with Crippen LogP contribution in [0.5, 0.6) is 0 Å². The molecule has 0 aromatic heterocycles. The summed E-state index contributed by atoms with van der Waals surface area (Å²) in [5.74, 6) is 1.04. The van der Waals surface area contributed by atoms with Crippen LogP contribution < -0.4 is 0 Å². The number of ether oxygens (including phenoxy) is 5. The highest BCUT2D eigenvalue weighted by atomic mass is 17.0. The van der Waals surface area contributed by atoms with E-state index >= 15 is 0 Å². The zero-order valence-electron chi connectivity index (χ0n) is 13.5. The van der Waals surface area contributed by atoms with E-state index in [1.165, 1.54) is 12.8 Å². The Morgan fingerprint density at radius 3 is 2.23 bits per heavy atom. The average molecular weight is 310 g/mol. The summed E-state index contributed by atoms with van der Waals surface area (Å²) in [5.41, 5.74) is 0.883. The second kappa shape index (κ2) is 5.28. The monoisotopic (exact) mass is 310 g/mol. The van der Waals surface area contributed by atoms with Gasteiger partial charge in [0.2, 0.25) is 0 Å². The predicted molar refractivity (Wildman–Crippen MR) is 79.0 cm³/mol. The van der Waals surface area contributed by atoms with E-state index < -0.39 is 6.16 Å². The van der Waals surface area contributed by atoms with Crippen LogP contribution in [0.3, 0.4) is 0 Å². The molecule has 124 valence electrons. The third kappa shape index (κ3) is 2.63. The quantitative estimate of drug-likeness (QED) is 0.579. The predicted octanol–water partition coefficient (Wildman–Crippen LogP) is 2.46. The first kappa shape index (κ1) is 15.1. The highest BCUT2D eigenvalue weighted by Crippen LogP contribution is 2.44. The SMILES string of the molecule is C=C(C)C1(C)COC2(OCC(C3CCC4OC4C3)CO2)OC1. The molecule has 3 saturated heterocycles. The van der Waals surface area contributed by atoms with Crippen molar-refractivity contribution in [2.45, 2.75) is 51.5 Å². The fourth-order valence-electron chi connectivity index (χ4n) is 3.64. The lowest BCUT2D eigenvalue weighted by molar-refractivity contribution is -0.540. The van der Waals surface area contributed by atoms with Crippen molar-refractivity contribution in [1.82, 2.24) is 0 Å². The van der Waals surface area contributed by atoms with Crippen molar-refractivity contribution in [3.63, 3.8) is 0 Å². The molecule has 1 aliphatic carbocycles. The maximum atomic E-state index is 5.86. The van der Waals surface area contributed by atoms with E-state index in [4.69, 9.17) is 23.7 Å². The molecule has 4 fully saturated rings. The lowest BCUT2D eigenvalue weighted by Crippen LogP contribution is -2.56. The van der Waals surface area contributed by atoms with Crippen LogP contribution in [0.25, 0.3) is 0 Å². The topological polar surface area (TPSA) is 49.5 Å². The van der Waals surface area contributed by atoms with Crippen LogP contribution in [0.1, 0.15) is 33.1 Å². The standard InChI is InChI=1S/C17H26O5/c1-11(2)16(3)9-20-17(21-10-16)18-7-13(8-19-17)12-4-5-14-15(6-12)22-14/h12-15H,1,4-10H2,2-3H3. The second-order valence-corrected chi connectivity index (χ2v) is 7.59. The van der Waals surface area contributed by atoms with Crippen molar-refractivity contribution in [3.8, 4) is 0 Å². The molecule has 5 heteroatoms. The number of rotatable bonds is 2. The summed E-state index contributed by atoms with van der Waals surface area (Å²) in [4.78, 5) is 0. The van der Waals surface area contributed by atoms with Crippen molar-refractivity contribution in [2.75, 3.05) is 26.4 Å². The normalized spacial score (nSPS) is 51.4. The first-order valence-corrected chi connectivity index (χ1v) is 8.37. The molecule has 0 N–H and O–H groups in total. The number of fused-ring (bicyclic) bond motifs is 1. The molecular formula is C17H26O5. The van der Waals surface area contributed by atoms with Gasteiger partial charge in [-0.1, -0.05) is 19.1 Å². The van der Waals surface area contributed by atoms with Crippen LogP contribution in [-0.4, -0.2) is 44.8 Å². The van der Waals surface area contributed by atoms with Gasteiger partial charge in [-0.05, 0) is 32.1 Å². The minimum absolute atomic E-state index is 0.170. The second-order valence-electron chi connectivity index (χ2n) is 7.59. The molecule has 3 atom stereocenters. The lowest BCUT2D eigenvalue weighted by Gasteiger charge is -2.47.